The molecule has 2 unspecified atom stereocenters. The molecule has 0 saturated carbocycles. The third-order valence-corrected chi connectivity index (χ3v) is 3.84. The van der Waals surface area contributed by atoms with Crippen LogP contribution in [0.4, 0.5) is 10.1 Å². The third kappa shape index (κ3) is 4.26. The lowest BCUT2D eigenvalue weighted by Crippen LogP contribution is -2.46. The molecule has 1 aromatic rings. The molecule has 21 heavy (non-hydrogen) atoms. The second-order valence-electron chi connectivity index (χ2n) is 5.43. The van der Waals surface area contributed by atoms with Crippen LogP contribution in [0.25, 0.3) is 0 Å². The fourth-order valence-electron chi connectivity index (χ4n) is 2.60. The first-order valence-electron chi connectivity index (χ1n) is 6.98. The summed E-state index contributed by atoms with van der Waals surface area (Å²) in [7, 11) is 0. The van der Waals surface area contributed by atoms with Crippen molar-refractivity contribution in [2.75, 3.05) is 18.4 Å². The number of benzene rings is 1. The third-order valence-electron chi connectivity index (χ3n) is 3.84. The van der Waals surface area contributed by atoms with Crippen LogP contribution in [0.5, 0.6) is 0 Å². The minimum Gasteiger partial charge on any atom is -0.481 e. The van der Waals surface area contributed by atoms with Crippen LogP contribution in [0.3, 0.4) is 0 Å². The molecule has 1 aromatic carbocycles. The van der Waals surface area contributed by atoms with Gasteiger partial charge in [-0.3, -0.25) is 14.5 Å². The summed E-state index contributed by atoms with van der Waals surface area (Å²) in [4.78, 5) is 24.9. The number of nitrogens with zero attached hydrogens (tertiary/aromatic N) is 1. The van der Waals surface area contributed by atoms with Crippen molar-refractivity contribution in [3.8, 4) is 0 Å². The smallest absolute Gasteiger partial charge is 0.306 e. The minimum atomic E-state index is -0.766. The Morgan fingerprint density at radius 1 is 1.38 bits per heavy atom. The van der Waals surface area contributed by atoms with E-state index in [4.69, 9.17) is 5.11 Å². The van der Waals surface area contributed by atoms with Crippen molar-refractivity contribution >= 4 is 17.6 Å². The first-order valence-corrected chi connectivity index (χ1v) is 6.98. The number of nitrogens with one attached hydrogen (secondary N) is 1. The van der Waals surface area contributed by atoms with E-state index in [0.29, 0.717) is 25.1 Å². The van der Waals surface area contributed by atoms with Crippen molar-refractivity contribution in [2.24, 2.45) is 5.92 Å². The Morgan fingerprint density at radius 3 is 2.62 bits per heavy atom. The van der Waals surface area contributed by atoms with E-state index in [1.807, 2.05) is 11.8 Å². The molecule has 1 fully saturated rings. The Morgan fingerprint density at radius 2 is 2.05 bits per heavy atom. The highest BCUT2D eigenvalue weighted by Gasteiger charge is 2.30. The number of halogens is 1. The molecule has 6 heteroatoms. The summed E-state index contributed by atoms with van der Waals surface area (Å²) in [6.45, 7) is 2.74. The number of carbonyl (C=O) groups excluding carboxylic acids is 1. The summed E-state index contributed by atoms with van der Waals surface area (Å²) in [6, 6.07) is 5.65. The summed E-state index contributed by atoms with van der Waals surface area (Å²) in [5.74, 6) is -1.62. The van der Waals surface area contributed by atoms with Crippen LogP contribution in [0.2, 0.25) is 0 Å². The molecule has 1 amide bonds. The Hall–Kier alpha value is -1.95. The van der Waals surface area contributed by atoms with Gasteiger partial charge >= 0.3 is 5.97 Å². The standard InChI is InChI=1S/C15H19FN2O3/c1-10-8-11(15(20)21)6-7-18(10)9-14(19)17-13-4-2-12(16)3-5-13/h2-5,10-11H,6-9H2,1H3,(H,17,19)(H,20,21). The van der Waals surface area contributed by atoms with E-state index in [2.05, 4.69) is 5.32 Å². The zero-order valence-corrected chi connectivity index (χ0v) is 11.9. The van der Waals surface area contributed by atoms with E-state index >= 15 is 0 Å². The molecule has 0 radical (unpaired) electrons. The Bertz CT molecular complexity index is 518. The van der Waals surface area contributed by atoms with Crippen molar-refractivity contribution in [1.29, 1.82) is 0 Å². The molecule has 0 aromatic heterocycles. The summed E-state index contributed by atoms with van der Waals surface area (Å²) >= 11 is 0. The van der Waals surface area contributed by atoms with E-state index in [1.54, 1.807) is 0 Å². The molecule has 5 nitrogen and oxygen atoms in total. The van der Waals surface area contributed by atoms with Gasteiger partial charge in [-0.1, -0.05) is 0 Å². The maximum Gasteiger partial charge on any atom is 0.306 e. The monoisotopic (exact) mass is 294 g/mol. The zero-order chi connectivity index (χ0) is 15.4. The van der Waals surface area contributed by atoms with Gasteiger partial charge in [0.2, 0.25) is 5.91 Å². The fourth-order valence-corrected chi connectivity index (χ4v) is 2.60. The van der Waals surface area contributed by atoms with Gasteiger partial charge < -0.3 is 10.4 Å². The van der Waals surface area contributed by atoms with Gasteiger partial charge in [-0.2, -0.15) is 0 Å². The number of amides is 1. The molecule has 2 atom stereocenters. The number of hydrogen-bond donors (Lipinski definition) is 2. The molecule has 1 saturated heterocycles. The lowest BCUT2D eigenvalue weighted by molar-refractivity contribution is -0.144. The van der Waals surface area contributed by atoms with Gasteiger partial charge in [-0.15, -0.1) is 0 Å². The molecule has 1 aliphatic heterocycles. The van der Waals surface area contributed by atoms with Crippen LogP contribution >= 0.6 is 0 Å². The van der Waals surface area contributed by atoms with Gasteiger partial charge in [-0.05, 0) is 50.6 Å². The lowest BCUT2D eigenvalue weighted by Gasteiger charge is -2.35. The molecule has 1 aliphatic rings. The second-order valence-corrected chi connectivity index (χ2v) is 5.43. The molecule has 0 aliphatic carbocycles. The number of anilines is 1. The highest BCUT2D eigenvalue weighted by molar-refractivity contribution is 5.92. The first-order chi connectivity index (χ1) is 9.95. The van der Waals surface area contributed by atoms with Crippen LogP contribution in [0, 0.1) is 11.7 Å². The van der Waals surface area contributed by atoms with Gasteiger partial charge in [0.05, 0.1) is 12.5 Å². The summed E-state index contributed by atoms with van der Waals surface area (Å²) in [5.41, 5.74) is 0.550. The molecule has 2 N–H and O–H groups in total. The maximum absolute atomic E-state index is 12.8. The molecule has 0 bridgehead atoms. The van der Waals surface area contributed by atoms with Gasteiger partial charge in [-0.25, -0.2) is 4.39 Å². The van der Waals surface area contributed by atoms with E-state index in [9.17, 15) is 14.0 Å². The van der Waals surface area contributed by atoms with Gasteiger partial charge in [0.1, 0.15) is 5.82 Å². The SMILES string of the molecule is CC1CC(C(=O)O)CCN1CC(=O)Nc1ccc(F)cc1. The maximum atomic E-state index is 12.8. The van der Waals surface area contributed by atoms with Gasteiger partial charge in [0.15, 0.2) is 0 Å². The summed E-state index contributed by atoms with van der Waals surface area (Å²) in [5, 5.41) is 11.7. The van der Waals surface area contributed by atoms with E-state index in [1.165, 1.54) is 24.3 Å². The zero-order valence-electron chi connectivity index (χ0n) is 11.9. The summed E-state index contributed by atoms with van der Waals surface area (Å²) in [6.07, 6.45) is 1.11. The number of carbonyl (C=O) groups is 2. The average Bonchev–Trinajstić information content (AvgIpc) is 2.43. The normalized spacial score (nSPS) is 22.8. The summed E-state index contributed by atoms with van der Waals surface area (Å²) < 4.78 is 12.8. The highest BCUT2D eigenvalue weighted by atomic mass is 19.1. The van der Waals surface area contributed by atoms with Crippen molar-refractivity contribution in [3.63, 3.8) is 0 Å². The molecule has 2 rings (SSSR count). The largest absolute Gasteiger partial charge is 0.481 e. The van der Waals surface area contributed by atoms with Crippen molar-refractivity contribution in [2.45, 2.75) is 25.8 Å². The van der Waals surface area contributed by atoms with E-state index in [0.717, 1.165) is 0 Å². The van der Waals surface area contributed by atoms with Crippen LogP contribution in [-0.2, 0) is 9.59 Å². The van der Waals surface area contributed by atoms with Gasteiger partial charge in [0, 0.05) is 11.7 Å². The predicted octanol–water partition coefficient (Wildman–Crippen LogP) is 1.95. The Balaban J connectivity index is 1.85. The van der Waals surface area contributed by atoms with Crippen LogP contribution in [-0.4, -0.2) is 41.0 Å². The topological polar surface area (TPSA) is 69.6 Å². The average molecular weight is 294 g/mol. The van der Waals surface area contributed by atoms with Crippen LogP contribution in [0.15, 0.2) is 24.3 Å². The van der Waals surface area contributed by atoms with Crippen molar-refractivity contribution in [1.82, 2.24) is 4.90 Å². The van der Waals surface area contributed by atoms with E-state index < -0.39 is 5.97 Å². The van der Waals surface area contributed by atoms with Crippen LogP contribution < -0.4 is 5.32 Å². The van der Waals surface area contributed by atoms with Crippen LogP contribution in [0.1, 0.15) is 19.8 Å². The highest BCUT2D eigenvalue weighted by Crippen LogP contribution is 2.22. The molecule has 1 heterocycles. The van der Waals surface area contributed by atoms with Gasteiger partial charge in [0.25, 0.3) is 0 Å². The second kappa shape index (κ2) is 6.67. The van der Waals surface area contributed by atoms with Crippen molar-refractivity contribution in [3.05, 3.63) is 30.1 Å². The molecule has 0 spiro atoms. The first kappa shape index (κ1) is 15.4. The number of carboxylic acids is 1. The molecular formula is C15H19FN2O3. The number of likely N-dealkylation sites (tertiary alicyclic amines) is 1. The predicted molar refractivity (Wildman–Crippen MR) is 76.4 cm³/mol. The number of aliphatic carboxylic acids is 1. The Kier molecular flexibility index (Phi) is 4.90. The fraction of sp³-hybridized carbons (Fsp3) is 0.467. The number of piperidine rings is 1. The number of carboxylic acid groups (broad SMARTS) is 1. The quantitative estimate of drug-likeness (QED) is 0.890. The molecular weight excluding hydrogens is 275 g/mol. The van der Waals surface area contributed by atoms with Crippen molar-refractivity contribution < 1.29 is 19.1 Å². The molecule has 114 valence electrons. The minimum absolute atomic E-state index is 0.0545. The van der Waals surface area contributed by atoms with E-state index in [-0.39, 0.29) is 30.2 Å². The number of hydrogen-bond acceptors (Lipinski definition) is 3. The Labute approximate surface area is 122 Å². The lowest BCUT2D eigenvalue weighted by atomic mass is 9.92. The number of rotatable bonds is 4.